The molecular formula is C42H60F2N6O4S. The number of carbonyl (C=O) groups excluding carboxylic acids is 4. The average Bonchev–Trinajstić information content (AvgIpc) is 3.54. The van der Waals surface area contributed by atoms with Crippen molar-refractivity contribution >= 4 is 35.3 Å². The molecule has 1 aromatic heterocycles. The summed E-state index contributed by atoms with van der Waals surface area (Å²) in [4.78, 5) is 52.9. The van der Waals surface area contributed by atoms with E-state index in [2.05, 4.69) is 36.7 Å². The van der Waals surface area contributed by atoms with Gasteiger partial charge in [0, 0.05) is 73.7 Å². The fourth-order valence-corrected chi connectivity index (χ4v) is 7.48. The third kappa shape index (κ3) is 15.2. The number of nitrogens with one attached hydrogen (secondary N) is 3. The van der Waals surface area contributed by atoms with Gasteiger partial charge in [0.05, 0.1) is 11.8 Å². The van der Waals surface area contributed by atoms with Crippen LogP contribution in [0.2, 0.25) is 0 Å². The molecule has 0 aliphatic carbocycles. The van der Waals surface area contributed by atoms with Crippen molar-refractivity contribution in [1.29, 1.82) is 0 Å². The summed E-state index contributed by atoms with van der Waals surface area (Å²) < 4.78 is 31.4. The number of hydrogen-bond acceptors (Lipinski definition) is 7. The fraction of sp³-hybridized carbons (Fsp3) is 0.524. The first kappa shape index (κ1) is 45.3. The Morgan fingerprint density at radius 2 is 1.67 bits per heavy atom. The highest BCUT2D eigenvalue weighted by Gasteiger charge is 2.37. The molecule has 0 unspecified atom stereocenters. The third-order valence-electron chi connectivity index (χ3n) is 9.28. The number of nitrogens with two attached hydrogens (primary N) is 1. The van der Waals surface area contributed by atoms with E-state index in [1.165, 1.54) is 24.8 Å². The largest absolute Gasteiger partial charge is 0.354 e. The molecule has 10 nitrogen and oxygen atoms in total. The lowest BCUT2D eigenvalue weighted by Gasteiger charge is -2.41. The summed E-state index contributed by atoms with van der Waals surface area (Å²) in [5.41, 5.74) is 7.94. The molecule has 2 aromatic carbocycles. The zero-order chi connectivity index (χ0) is 40.4. The standard InChI is InChI=1S/C42H60F2N6O4S/c1-30(51)24-32(14-9-10-19-46-5)41(54)48-21-20-47-38(52)17-23-55-29-39(53)50(22-11-18-45)40(42(2,3)4)37-25-33(35-26-34(43)15-16-36(35)44)28-49(37)27-31-12-7-6-8-13-31/h6-8,12-13,15-16,25-26,28,32,40,46H,9-11,14,17-24,27,29,45H2,1-5H3,(H,47,52)(H,48,54)/t32-,40+/m1/s1. The maximum absolute atomic E-state index is 15.1. The minimum absolute atomic E-state index is 0.0289. The van der Waals surface area contributed by atoms with Gasteiger partial charge in [-0.25, -0.2) is 8.78 Å². The average molecular weight is 783 g/mol. The smallest absolute Gasteiger partial charge is 0.233 e. The summed E-state index contributed by atoms with van der Waals surface area (Å²) in [5, 5.41) is 8.74. The van der Waals surface area contributed by atoms with Crippen LogP contribution in [-0.2, 0) is 25.7 Å². The highest BCUT2D eigenvalue weighted by molar-refractivity contribution is 7.99. The number of unbranched alkanes of at least 4 members (excludes halogenated alkanes) is 1. The predicted molar refractivity (Wildman–Crippen MR) is 217 cm³/mol. The fourth-order valence-electron chi connectivity index (χ4n) is 6.66. The molecule has 0 saturated carbocycles. The van der Waals surface area contributed by atoms with Crippen molar-refractivity contribution in [2.24, 2.45) is 17.1 Å². The van der Waals surface area contributed by atoms with Gasteiger partial charge in [0.1, 0.15) is 17.4 Å². The normalized spacial score (nSPS) is 12.6. The summed E-state index contributed by atoms with van der Waals surface area (Å²) in [6, 6.07) is 14.6. The minimum atomic E-state index is -0.542. The topological polar surface area (TPSA) is 139 Å². The van der Waals surface area contributed by atoms with Crippen molar-refractivity contribution in [2.75, 3.05) is 51.3 Å². The van der Waals surface area contributed by atoms with E-state index in [-0.39, 0.29) is 66.7 Å². The number of amides is 3. The number of carbonyl (C=O) groups is 4. The number of rotatable bonds is 24. The van der Waals surface area contributed by atoms with Crippen LogP contribution < -0.4 is 21.7 Å². The van der Waals surface area contributed by atoms with Crippen molar-refractivity contribution in [3.8, 4) is 11.1 Å². The summed E-state index contributed by atoms with van der Waals surface area (Å²) in [7, 11) is 1.88. The van der Waals surface area contributed by atoms with Crippen LogP contribution in [-0.4, -0.2) is 84.2 Å². The molecule has 5 N–H and O–H groups in total. The summed E-state index contributed by atoms with van der Waals surface area (Å²) >= 11 is 1.36. The Kier molecular flexibility index (Phi) is 19.0. The Morgan fingerprint density at radius 1 is 0.945 bits per heavy atom. The Hall–Kier alpha value is -4.07. The van der Waals surface area contributed by atoms with Gasteiger partial charge in [-0.2, -0.15) is 11.8 Å². The number of nitrogens with zero attached hydrogens (tertiary/aromatic N) is 2. The number of Topliss-reactive ketones (excluding diaryl/α,β-unsaturated/α-hetero) is 1. The first-order valence-corrected chi connectivity index (χ1v) is 20.4. The lowest BCUT2D eigenvalue weighted by atomic mass is 9.83. The Bertz CT molecular complexity index is 1680. The van der Waals surface area contributed by atoms with E-state index in [1.807, 2.05) is 59.1 Å². The van der Waals surface area contributed by atoms with Gasteiger partial charge in [-0.1, -0.05) is 57.5 Å². The van der Waals surface area contributed by atoms with Gasteiger partial charge in [0.15, 0.2) is 0 Å². The van der Waals surface area contributed by atoms with Crippen molar-refractivity contribution < 1.29 is 28.0 Å². The van der Waals surface area contributed by atoms with Gasteiger partial charge < -0.3 is 35.9 Å². The van der Waals surface area contributed by atoms with Gasteiger partial charge in [0.2, 0.25) is 17.7 Å². The second-order valence-electron chi connectivity index (χ2n) is 15.0. The van der Waals surface area contributed by atoms with Gasteiger partial charge in [-0.05, 0) is 81.6 Å². The number of thioether (sulfide) groups is 1. The van der Waals surface area contributed by atoms with Crippen LogP contribution in [0.25, 0.3) is 11.1 Å². The van der Waals surface area contributed by atoms with E-state index in [0.29, 0.717) is 43.8 Å². The van der Waals surface area contributed by atoms with Crippen molar-refractivity contribution in [3.05, 3.63) is 83.7 Å². The molecule has 0 saturated heterocycles. The van der Waals surface area contributed by atoms with Crippen LogP contribution in [0.1, 0.15) is 83.5 Å². The molecule has 55 heavy (non-hydrogen) atoms. The highest BCUT2D eigenvalue weighted by atomic mass is 32.2. The maximum Gasteiger partial charge on any atom is 0.233 e. The third-order valence-corrected chi connectivity index (χ3v) is 10.2. The molecule has 0 spiro atoms. The number of halogens is 2. The molecule has 302 valence electrons. The van der Waals surface area contributed by atoms with Crippen LogP contribution in [0, 0.1) is 23.0 Å². The maximum atomic E-state index is 15.1. The molecule has 0 aliphatic heterocycles. The Labute approximate surface area is 329 Å². The predicted octanol–water partition coefficient (Wildman–Crippen LogP) is 6.09. The van der Waals surface area contributed by atoms with Gasteiger partial charge >= 0.3 is 0 Å². The van der Waals surface area contributed by atoms with E-state index in [9.17, 15) is 23.6 Å². The van der Waals surface area contributed by atoms with Crippen LogP contribution >= 0.6 is 11.8 Å². The van der Waals surface area contributed by atoms with Crippen molar-refractivity contribution in [3.63, 3.8) is 0 Å². The Balaban J connectivity index is 1.67. The molecular weight excluding hydrogens is 723 g/mol. The number of aromatic nitrogens is 1. The zero-order valence-electron chi connectivity index (χ0n) is 33.1. The minimum Gasteiger partial charge on any atom is -0.354 e. The quantitative estimate of drug-likeness (QED) is 0.0808. The van der Waals surface area contributed by atoms with E-state index in [1.54, 1.807) is 0 Å². The molecule has 2 atom stereocenters. The number of hydrogen-bond donors (Lipinski definition) is 4. The van der Waals surface area contributed by atoms with E-state index >= 15 is 4.39 Å². The molecule has 3 rings (SSSR count). The van der Waals surface area contributed by atoms with E-state index in [0.717, 1.165) is 42.8 Å². The van der Waals surface area contributed by atoms with Gasteiger partial charge in [0.25, 0.3) is 0 Å². The monoisotopic (exact) mass is 782 g/mol. The summed E-state index contributed by atoms with van der Waals surface area (Å²) in [6.07, 6.45) is 5.17. The molecule has 13 heteroatoms. The van der Waals surface area contributed by atoms with Gasteiger partial charge in [-0.3, -0.25) is 14.4 Å². The number of benzene rings is 2. The second-order valence-corrected chi connectivity index (χ2v) is 16.1. The molecule has 1 heterocycles. The molecule has 0 fully saturated rings. The van der Waals surface area contributed by atoms with Gasteiger partial charge in [-0.15, -0.1) is 0 Å². The van der Waals surface area contributed by atoms with Crippen molar-refractivity contribution in [1.82, 2.24) is 25.4 Å². The molecule has 0 bridgehead atoms. The molecule has 3 amide bonds. The van der Waals surface area contributed by atoms with Crippen molar-refractivity contribution in [2.45, 2.75) is 78.8 Å². The summed E-state index contributed by atoms with van der Waals surface area (Å²) in [5.74, 6) is -1.43. The van der Waals surface area contributed by atoms with E-state index in [4.69, 9.17) is 5.73 Å². The number of ketones is 1. The highest BCUT2D eigenvalue weighted by Crippen LogP contribution is 2.41. The summed E-state index contributed by atoms with van der Waals surface area (Å²) in [6.45, 7) is 10.2. The second kappa shape index (κ2) is 23.1. The first-order valence-electron chi connectivity index (χ1n) is 19.2. The van der Waals surface area contributed by atoms with E-state index < -0.39 is 23.1 Å². The Morgan fingerprint density at radius 3 is 2.35 bits per heavy atom. The lowest BCUT2D eigenvalue weighted by molar-refractivity contribution is -0.133. The first-order chi connectivity index (χ1) is 26.2. The van der Waals surface area contributed by atoms with Crippen LogP contribution in [0.3, 0.4) is 0 Å². The lowest BCUT2D eigenvalue weighted by Crippen LogP contribution is -2.44. The SMILES string of the molecule is CNCCCC[C@H](CC(C)=O)C(=O)NCCNC(=O)CCSCC(=O)N(CCCN)[C@@H](c1cc(-c2cc(F)ccc2F)cn1Cc1ccccc1)C(C)(C)C. The molecule has 3 aromatic rings. The van der Waals surface area contributed by atoms with Crippen LogP contribution in [0.15, 0.2) is 60.8 Å². The molecule has 0 radical (unpaired) electrons. The zero-order valence-corrected chi connectivity index (χ0v) is 33.9. The van der Waals surface area contributed by atoms with Crippen LogP contribution in [0.4, 0.5) is 8.78 Å². The molecule has 0 aliphatic rings. The van der Waals surface area contributed by atoms with Crippen LogP contribution in [0.5, 0.6) is 0 Å².